The first-order valence-corrected chi connectivity index (χ1v) is 12.0. The summed E-state index contributed by atoms with van der Waals surface area (Å²) in [5.41, 5.74) is 2.89. The van der Waals surface area contributed by atoms with Crippen LogP contribution in [0.4, 0.5) is 0 Å². The minimum absolute atomic E-state index is 0.201. The van der Waals surface area contributed by atoms with E-state index in [0.29, 0.717) is 34.3 Å². The normalized spacial score (nSPS) is 11.3. The molecule has 0 spiro atoms. The van der Waals surface area contributed by atoms with Crippen LogP contribution in [0.15, 0.2) is 60.7 Å². The van der Waals surface area contributed by atoms with Crippen molar-refractivity contribution < 1.29 is 28.5 Å². The first-order valence-electron chi connectivity index (χ1n) is 11.2. The average Bonchev–Trinajstić information content (AvgIpc) is 3.35. The van der Waals surface area contributed by atoms with Gasteiger partial charge in [0.25, 0.3) is 0 Å². The average molecular weight is 505 g/mol. The number of hydrogen-bond acceptors (Lipinski definition) is 7. The van der Waals surface area contributed by atoms with E-state index in [1.54, 1.807) is 43.8 Å². The van der Waals surface area contributed by atoms with Gasteiger partial charge in [-0.3, -0.25) is 4.79 Å². The molecule has 3 aromatic carbocycles. The molecule has 0 atom stereocenters. The van der Waals surface area contributed by atoms with Crippen molar-refractivity contribution in [2.24, 2.45) is 0 Å². The van der Waals surface area contributed by atoms with Crippen molar-refractivity contribution in [1.29, 1.82) is 0 Å². The Labute approximate surface area is 214 Å². The lowest BCUT2D eigenvalue weighted by atomic mass is 9.98. The summed E-state index contributed by atoms with van der Waals surface area (Å²) < 4.78 is 28.7. The quantitative estimate of drug-likeness (QED) is 0.183. The highest BCUT2D eigenvalue weighted by atomic mass is 32.1. The highest BCUT2D eigenvalue weighted by Gasteiger charge is 2.19. The van der Waals surface area contributed by atoms with Crippen LogP contribution in [-0.2, 0) is 0 Å². The van der Waals surface area contributed by atoms with Crippen LogP contribution < -0.4 is 23.7 Å². The molecule has 4 rings (SSSR count). The summed E-state index contributed by atoms with van der Waals surface area (Å²) in [5.74, 6) is 2.38. The second kappa shape index (κ2) is 10.7. The Kier molecular flexibility index (Phi) is 7.50. The number of ether oxygens (including phenoxy) is 5. The summed E-state index contributed by atoms with van der Waals surface area (Å²) in [6.07, 6.45) is 1.58. The third kappa shape index (κ3) is 4.75. The SMILES string of the molecule is COc1cc(OC)c(-c2cc3ccccc3s2)cc1C(C)=CC(=O)c1cc(OC)c(OC)c(OC)c1. The second-order valence-electron chi connectivity index (χ2n) is 8.01. The molecule has 7 heteroatoms. The van der Waals surface area contributed by atoms with Gasteiger partial charge < -0.3 is 23.7 Å². The first-order chi connectivity index (χ1) is 17.4. The molecule has 0 bridgehead atoms. The summed E-state index contributed by atoms with van der Waals surface area (Å²) in [6, 6.07) is 17.5. The van der Waals surface area contributed by atoms with Gasteiger partial charge in [0.2, 0.25) is 5.75 Å². The first kappa shape index (κ1) is 25.1. The van der Waals surface area contributed by atoms with E-state index in [1.807, 2.05) is 31.2 Å². The van der Waals surface area contributed by atoms with E-state index < -0.39 is 0 Å². The minimum Gasteiger partial charge on any atom is -0.496 e. The molecule has 6 nitrogen and oxygen atoms in total. The summed E-state index contributed by atoms with van der Waals surface area (Å²) >= 11 is 1.69. The van der Waals surface area contributed by atoms with Gasteiger partial charge >= 0.3 is 0 Å². The molecular formula is C29H28O6S. The van der Waals surface area contributed by atoms with Crippen LogP contribution in [-0.4, -0.2) is 41.3 Å². The maximum atomic E-state index is 13.3. The summed E-state index contributed by atoms with van der Waals surface area (Å²) in [7, 11) is 7.80. The van der Waals surface area contributed by atoms with Gasteiger partial charge in [-0.2, -0.15) is 0 Å². The topological polar surface area (TPSA) is 63.2 Å². The van der Waals surface area contributed by atoms with Crippen molar-refractivity contribution in [3.63, 3.8) is 0 Å². The molecule has 1 aromatic heterocycles. The van der Waals surface area contributed by atoms with E-state index in [4.69, 9.17) is 23.7 Å². The zero-order valence-corrected chi connectivity index (χ0v) is 21.9. The van der Waals surface area contributed by atoms with Crippen molar-refractivity contribution in [3.05, 3.63) is 71.8 Å². The lowest BCUT2D eigenvalue weighted by molar-refractivity contribution is 0.104. The van der Waals surface area contributed by atoms with E-state index in [2.05, 4.69) is 18.2 Å². The lowest BCUT2D eigenvalue weighted by Crippen LogP contribution is -2.02. The van der Waals surface area contributed by atoms with Crippen LogP contribution >= 0.6 is 11.3 Å². The van der Waals surface area contributed by atoms with E-state index in [1.165, 1.54) is 31.4 Å². The van der Waals surface area contributed by atoms with Gasteiger partial charge in [0, 0.05) is 32.3 Å². The number of hydrogen-bond donors (Lipinski definition) is 0. The predicted molar refractivity (Wildman–Crippen MR) is 144 cm³/mol. The van der Waals surface area contributed by atoms with E-state index in [0.717, 1.165) is 21.6 Å². The van der Waals surface area contributed by atoms with E-state index in [-0.39, 0.29) is 5.78 Å². The zero-order chi connectivity index (χ0) is 25.8. The molecule has 0 saturated heterocycles. The fourth-order valence-corrected chi connectivity index (χ4v) is 5.18. The highest BCUT2D eigenvalue weighted by Crippen LogP contribution is 2.43. The molecule has 0 radical (unpaired) electrons. The second-order valence-corrected chi connectivity index (χ2v) is 9.09. The number of fused-ring (bicyclic) bond motifs is 1. The molecule has 1 heterocycles. The standard InChI is InChI=1S/C29H28O6S/c1-17(11-22(30)19-12-25(33-4)29(35-6)26(13-19)34-5)20-15-21(24(32-3)16-23(20)31-2)28-14-18-9-7-8-10-27(18)36-28/h7-16H,1-6H3. The van der Waals surface area contributed by atoms with Gasteiger partial charge in [-0.05, 0) is 54.3 Å². The molecule has 0 fully saturated rings. The molecule has 0 aliphatic rings. The Bertz CT molecular complexity index is 1390. The van der Waals surface area contributed by atoms with Crippen molar-refractivity contribution >= 4 is 32.8 Å². The minimum atomic E-state index is -0.201. The Hall–Kier alpha value is -3.97. The van der Waals surface area contributed by atoms with Gasteiger partial charge in [-0.25, -0.2) is 0 Å². The molecule has 186 valence electrons. The molecule has 4 aromatic rings. The number of thiophene rings is 1. The number of benzene rings is 3. The summed E-state index contributed by atoms with van der Waals surface area (Å²) in [4.78, 5) is 14.3. The van der Waals surface area contributed by atoms with Crippen molar-refractivity contribution in [2.75, 3.05) is 35.5 Å². The van der Waals surface area contributed by atoms with Crippen molar-refractivity contribution in [2.45, 2.75) is 6.92 Å². The number of allylic oxidation sites excluding steroid dienone is 2. The van der Waals surface area contributed by atoms with Crippen LogP contribution in [0.3, 0.4) is 0 Å². The van der Waals surface area contributed by atoms with E-state index in [9.17, 15) is 4.79 Å². The van der Waals surface area contributed by atoms with Gasteiger partial charge in [0.15, 0.2) is 17.3 Å². The lowest BCUT2D eigenvalue weighted by Gasteiger charge is -2.15. The third-order valence-corrected chi connectivity index (χ3v) is 7.08. The summed E-state index contributed by atoms with van der Waals surface area (Å²) in [5, 5.41) is 1.17. The Morgan fingerprint density at radius 1 is 0.750 bits per heavy atom. The molecule has 0 N–H and O–H groups in total. The van der Waals surface area contributed by atoms with Gasteiger partial charge in [0.1, 0.15) is 11.5 Å². The van der Waals surface area contributed by atoms with Gasteiger partial charge in [0.05, 0.1) is 35.5 Å². The molecule has 0 unspecified atom stereocenters. The molecule has 0 saturated carbocycles. The van der Waals surface area contributed by atoms with Gasteiger partial charge in [-0.15, -0.1) is 11.3 Å². The van der Waals surface area contributed by atoms with Crippen LogP contribution in [0.2, 0.25) is 0 Å². The maximum absolute atomic E-state index is 13.3. The highest BCUT2D eigenvalue weighted by molar-refractivity contribution is 7.22. The van der Waals surface area contributed by atoms with Crippen LogP contribution in [0.25, 0.3) is 26.1 Å². The predicted octanol–water partition coefficient (Wildman–Crippen LogP) is 6.90. The number of ketones is 1. The Morgan fingerprint density at radius 3 is 1.97 bits per heavy atom. The van der Waals surface area contributed by atoms with Crippen molar-refractivity contribution in [1.82, 2.24) is 0 Å². The fourth-order valence-electron chi connectivity index (χ4n) is 4.10. The van der Waals surface area contributed by atoms with Crippen LogP contribution in [0.5, 0.6) is 28.7 Å². The van der Waals surface area contributed by atoms with Gasteiger partial charge in [-0.1, -0.05) is 18.2 Å². The molecule has 36 heavy (non-hydrogen) atoms. The van der Waals surface area contributed by atoms with Crippen molar-refractivity contribution in [3.8, 4) is 39.2 Å². The van der Waals surface area contributed by atoms with E-state index >= 15 is 0 Å². The fraction of sp³-hybridized carbons (Fsp3) is 0.207. The third-order valence-electron chi connectivity index (χ3n) is 5.93. The Morgan fingerprint density at radius 2 is 1.39 bits per heavy atom. The molecular weight excluding hydrogens is 476 g/mol. The summed E-state index contributed by atoms with van der Waals surface area (Å²) in [6.45, 7) is 1.88. The van der Waals surface area contributed by atoms with Crippen LogP contribution in [0.1, 0.15) is 22.8 Å². The Balaban J connectivity index is 1.79. The largest absolute Gasteiger partial charge is 0.496 e. The monoisotopic (exact) mass is 504 g/mol. The molecule has 0 aliphatic carbocycles. The number of carbonyl (C=O) groups excluding carboxylic acids is 1. The maximum Gasteiger partial charge on any atom is 0.203 e. The number of methoxy groups -OCH3 is 5. The molecule has 0 aliphatic heterocycles. The smallest absolute Gasteiger partial charge is 0.203 e. The number of rotatable bonds is 9. The number of carbonyl (C=O) groups is 1. The van der Waals surface area contributed by atoms with Crippen LogP contribution in [0, 0.1) is 0 Å². The zero-order valence-electron chi connectivity index (χ0n) is 21.1. The molecule has 0 amide bonds.